The molecule has 0 saturated carbocycles. The van der Waals surface area contributed by atoms with Gasteiger partial charge >= 0.3 is 12.1 Å². The smallest absolute Gasteiger partial charge is 0.433 e. The van der Waals surface area contributed by atoms with Crippen LogP contribution in [0.3, 0.4) is 0 Å². The Kier molecular flexibility index (Phi) is 3.52. The molecule has 7 heteroatoms. The highest BCUT2D eigenvalue weighted by Crippen LogP contribution is 2.30. The van der Waals surface area contributed by atoms with Crippen LogP contribution in [0.2, 0.25) is 0 Å². The molecule has 0 spiro atoms. The Labute approximate surface area is 112 Å². The lowest BCUT2D eigenvalue weighted by atomic mass is 10.1. The number of rotatable bonds is 3. The molecule has 0 aliphatic carbocycles. The van der Waals surface area contributed by atoms with Crippen molar-refractivity contribution in [2.45, 2.75) is 19.6 Å². The molecular weight excluding hydrogens is 273 g/mol. The Hall–Kier alpha value is -2.31. The molecule has 0 unspecified atom stereocenters. The minimum absolute atomic E-state index is 0.130. The summed E-state index contributed by atoms with van der Waals surface area (Å²) < 4.78 is 39.3. The number of aromatic carboxylic acids is 1. The van der Waals surface area contributed by atoms with Gasteiger partial charge < -0.3 is 5.11 Å². The monoisotopic (exact) mass is 284 g/mol. The van der Waals surface area contributed by atoms with Gasteiger partial charge in [0.15, 0.2) is 5.69 Å². The Morgan fingerprint density at radius 2 is 2.00 bits per heavy atom. The van der Waals surface area contributed by atoms with Crippen LogP contribution in [0.15, 0.2) is 30.3 Å². The number of alkyl halides is 3. The van der Waals surface area contributed by atoms with Crippen molar-refractivity contribution < 1.29 is 23.1 Å². The lowest BCUT2D eigenvalue weighted by Crippen LogP contribution is -2.15. The number of nitrogens with zero attached hydrogens (tertiary/aromatic N) is 2. The zero-order valence-corrected chi connectivity index (χ0v) is 10.5. The molecule has 0 aliphatic rings. The van der Waals surface area contributed by atoms with Crippen molar-refractivity contribution in [2.24, 2.45) is 0 Å². The first-order chi connectivity index (χ1) is 9.29. The van der Waals surface area contributed by atoms with Gasteiger partial charge in [-0.2, -0.15) is 18.3 Å². The maximum Gasteiger partial charge on any atom is 0.433 e. The van der Waals surface area contributed by atoms with Crippen LogP contribution in [0.1, 0.15) is 27.3 Å². The molecule has 0 amide bonds. The van der Waals surface area contributed by atoms with Crippen LogP contribution in [0.4, 0.5) is 13.2 Å². The number of carboxylic acids is 1. The molecule has 1 aromatic carbocycles. The highest BCUT2D eigenvalue weighted by molar-refractivity contribution is 5.85. The molecular formula is C13H11F3N2O2. The number of carboxylic acid groups (broad SMARTS) is 1. The molecule has 0 atom stereocenters. The Balaban J connectivity index is 2.45. The molecule has 2 aromatic rings. The third kappa shape index (κ3) is 2.81. The predicted molar refractivity (Wildman–Crippen MR) is 64.5 cm³/mol. The number of aryl methyl sites for hydroxylation is 1. The second-order valence-corrected chi connectivity index (χ2v) is 4.30. The summed E-state index contributed by atoms with van der Waals surface area (Å²) in [5.74, 6) is -1.49. The third-order valence-electron chi connectivity index (χ3n) is 2.87. The lowest BCUT2D eigenvalue weighted by Gasteiger charge is -2.11. The summed E-state index contributed by atoms with van der Waals surface area (Å²) in [5.41, 5.74) is -0.227. The van der Waals surface area contributed by atoms with Gasteiger partial charge in [0.1, 0.15) is 5.69 Å². The van der Waals surface area contributed by atoms with Crippen LogP contribution in [0.5, 0.6) is 0 Å². The molecule has 0 bridgehead atoms. The van der Waals surface area contributed by atoms with Crippen LogP contribution in [-0.2, 0) is 12.7 Å². The number of aromatic nitrogens is 2. The zero-order valence-electron chi connectivity index (χ0n) is 10.5. The first kappa shape index (κ1) is 14.1. The van der Waals surface area contributed by atoms with E-state index in [1.807, 2.05) is 0 Å². The van der Waals surface area contributed by atoms with Crippen LogP contribution >= 0.6 is 0 Å². The first-order valence-corrected chi connectivity index (χ1v) is 5.72. The zero-order chi connectivity index (χ0) is 14.9. The van der Waals surface area contributed by atoms with Gasteiger partial charge in [0.05, 0.1) is 6.54 Å². The number of hydrogen-bond donors (Lipinski definition) is 1. The summed E-state index contributed by atoms with van der Waals surface area (Å²) in [6.07, 6.45) is -4.65. The summed E-state index contributed by atoms with van der Waals surface area (Å²) >= 11 is 0. The number of halogens is 3. The average Bonchev–Trinajstić information content (AvgIpc) is 2.76. The predicted octanol–water partition coefficient (Wildman–Crippen LogP) is 2.96. The minimum atomic E-state index is -4.65. The number of benzene rings is 1. The molecule has 1 heterocycles. The van der Waals surface area contributed by atoms with Gasteiger partial charge in [-0.1, -0.05) is 24.3 Å². The van der Waals surface area contributed by atoms with E-state index in [0.29, 0.717) is 16.3 Å². The van der Waals surface area contributed by atoms with E-state index >= 15 is 0 Å². The Morgan fingerprint density at radius 3 is 2.55 bits per heavy atom. The summed E-state index contributed by atoms with van der Waals surface area (Å²) in [5, 5.41) is 12.3. The quantitative estimate of drug-likeness (QED) is 0.942. The van der Waals surface area contributed by atoms with E-state index in [-0.39, 0.29) is 6.54 Å². The summed E-state index contributed by atoms with van der Waals surface area (Å²) in [6.45, 7) is 1.64. The van der Waals surface area contributed by atoms with Crippen molar-refractivity contribution >= 4 is 5.97 Å². The maximum atomic E-state index is 12.9. The molecule has 1 aromatic heterocycles. The van der Waals surface area contributed by atoms with E-state index in [9.17, 15) is 18.0 Å². The van der Waals surface area contributed by atoms with Gasteiger partial charge in [0.2, 0.25) is 0 Å². The van der Waals surface area contributed by atoms with Gasteiger partial charge in [0, 0.05) is 6.07 Å². The van der Waals surface area contributed by atoms with Crippen molar-refractivity contribution in [3.63, 3.8) is 0 Å². The van der Waals surface area contributed by atoms with Crippen molar-refractivity contribution in [1.29, 1.82) is 0 Å². The minimum Gasteiger partial charge on any atom is -0.476 e. The molecule has 0 saturated heterocycles. The highest BCUT2D eigenvalue weighted by atomic mass is 19.4. The average molecular weight is 284 g/mol. The van der Waals surface area contributed by atoms with E-state index < -0.39 is 23.5 Å². The molecule has 20 heavy (non-hydrogen) atoms. The fourth-order valence-electron chi connectivity index (χ4n) is 1.82. The molecule has 4 nitrogen and oxygen atoms in total. The highest BCUT2D eigenvalue weighted by Gasteiger charge is 2.36. The van der Waals surface area contributed by atoms with Crippen LogP contribution in [0, 0.1) is 6.92 Å². The molecule has 0 fully saturated rings. The normalized spacial score (nSPS) is 11.6. The van der Waals surface area contributed by atoms with Gasteiger partial charge in [-0.05, 0) is 18.1 Å². The van der Waals surface area contributed by atoms with E-state index in [0.717, 1.165) is 5.56 Å². The van der Waals surface area contributed by atoms with E-state index in [1.165, 1.54) is 0 Å². The number of carbonyl (C=O) groups is 1. The van der Waals surface area contributed by atoms with Gasteiger partial charge in [-0.25, -0.2) is 4.79 Å². The van der Waals surface area contributed by atoms with Crippen molar-refractivity contribution in [3.8, 4) is 0 Å². The van der Waals surface area contributed by atoms with E-state index in [4.69, 9.17) is 5.11 Å². The number of hydrogen-bond acceptors (Lipinski definition) is 2. The fraction of sp³-hybridized carbons (Fsp3) is 0.231. The maximum absolute atomic E-state index is 12.9. The Morgan fingerprint density at radius 1 is 1.35 bits per heavy atom. The van der Waals surface area contributed by atoms with E-state index in [2.05, 4.69) is 5.10 Å². The Bertz CT molecular complexity index is 647. The SMILES string of the molecule is Cc1ccccc1Cn1nc(C(=O)O)cc1C(F)(F)F. The lowest BCUT2D eigenvalue weighted by molar-refractivity contribution is -0.144. The summed E-state index contributed by atoms with van der Waals surface area (Å²) in [6, 6.07) is 7.47. The molecule has 1 N–H and O–H groups in total. The van der Waals surface area contributed by atoms with E-state index in [1.54, 1.807) is 31.2 Å². The van der Waals surface area contributed by atoms with Gasteiger partial charge in [-0.15, -0.1) is 0 Å². The van der Waals surface area contributed by atoms with Crippen molar-refractivity contribution in [1.82, 2.24) is 9.78 Å². The van der Waals surface area contributed by atoms with Gasteiger partial charge in [0.25, 0.3) is 0 Å². The fourth-order valence-corrected chi connectivity index (χ4v) is 1.82. The largest absolute Gasteiger partial charge is 0.476 e. The molecule has 0 radical (unpaired) electrons. The van der Waals surface area contributed by atoms with Crippen molar-refractivity contribution in [2.75, 3.05) is 0 Å². The summed E-state index contributed by atoms with van der Waals surface area (Å²) in [7, 11) is 0. The molecule has 2 rings (SSSR count). The topological polar surface area (TPSA) is 55.1 Å². The van der Waals surface area contributed by atoms with Crippen LogP contribution in [-0.4, -0.2) is 20.9 Å². The van der Waals surface area contributed by atoms with Crippen LogP contribution in [0.25, 0.3) is 0 Å². The van der Waals surface area contributed by atoms with Crippen LogP contribution < -0.4 is 0 Å². The molecule has 0 aliphatic heterocycles. The first-order valence-electron chi connectivity index (χ1n) is 5.72. The van der Waals surface area contributed by atoms with Crippen molar-refractivity contribution in [3.05, 3.63) is 52.8 Å². The second kappa shape index (κ2) is 4.99. The third-order valence-corrected chi connectivity index (χ3v) is 2.87. The van der Waals surface area contributed by atoms with Gasteiger partial charge in [-0.3, -0.25) is 4.68 Å². The second-order valence-electron chi connectivity index (χ2n) is 4.30. The standard InChI is InChI=1S/C13H11F3N2O2/c1-8-4-2-3-5-9(8)7-18-11(13(14,15)16)6-10(17-18)12(19)20/h2-6H,7H2,1H3,(H,19,20). The molecule has 106 valence electrons. The summed E-state index contributed by atoms with van der Waals surface area (Å²) in [4.78, 5) is 10.8.